The van der Waals surface area contributed by atoms with E-state index in [-0.39, 0.29) is 6.03 Å². The number of nitrogens with zero attached hydrogens (tertiary/aromatic N) is 2. The van der Waals surface area contributed by atoms with E-state index in [1.165, 1.54) is 19.3 Å². The summed E-state index contributed by atoms with van der Waals surface area (Å²) in [6, 6.07) is 0.820. The molecule has 2 heterocycles. The fourth-order valence-corrected chi connectivity index (χ4v) is 2.91. The molecule has 2 aliphatic rings. The number of likely N-dealkylation sites (tertiary alicyclic amines) is 1. The Morgan fingerprint density at radius 1 is 1.31 bits per heavy atom. The van der Waals surface area contributed by atoms with Gasteiger partial charge in [-0.25, -0.2) is 4.79 Å². The minimum Gasteiger partial charge on any atom is -0.331 e. The van der Waals surface area contributed by atoms with Gasteiger partial charge in [0, 0.05) is 33.2 Å². The van der Waals surface area contributed by atoms with Gasteiger partial charge in [0.25, 0.3) is 0 Å². The Labute approximate surface area is 98.0 Å². The van der Waals surface area contributed by atoms with Crippen LogP contribution in [0.25, 0.3) is 0 Å². The van der Waals surface area contributed by atoms with Crippen LogP contribution in [-0.2, 0) is 0 Å². The number of hydrogen-bond acceptors (Lipinski definition) is 2. The summed E-state index contributed by atoms with van der Waals surface area (Å²) in [6.07, 6.45) is 5.01. The molecule has 2 fully saturated rings. The second-order valence-corrected chi connectivity index (χ2v) is 5.23. The molecule has 2 atom stereocenters. The van der Waals surface area contributed by atoms with E-state index < -0.39 is 0 Å². The van der Waals surface area contributed by atoms with Gasteiger partial charge >= 0.3 is 6.03 Å². The zero-order valence-electron chi connectivity index (χ0n) is 10.4. The molecule has 2 saturated heterocycles. The largest absolute Gasteiger partial charge is 0.331 e. The molecule has 0 aromatic rings. The van der Waals surface area contributed by atoms with Crippen molar-refractivity contribution in [2.24, 2.45) is 5.92 Å². The van der Waals surface area contributed by atoms with Crippen LogP contribution in [0.15, 0.2) is 0 Å². The van der Waals surface area contributed by atoms with Crippen molar-refractivity contribution in [1.82, 2.24) is 15.1 Å². The second kappa shape index (κ2) is 5.04. The molecule has 0 radical (unpaired) electrons. The zero-order valence-corrected chi connectivity index (χ0v) is 10.4. The number of hydrogen-bond donors (Lipinski definition) is 1. The van der Waals surface area contributed by atoms with Crippen LogP contribution in [0.2, 0.25) is 0 Å². The maximum Gasteiger partial charge on any atom is 0.319 e. The number of rotatable bonds is 1. The van der Waals surface area contributed by atoms with Crippen LogP contribution in [0.5, 0.6) is 0 Å². The van der Waals surface area contributed by atoms with E-state index in [9.17, 15) is 4.79 Å². The Morgan fingerprint density at radius 2 is 2.12 bits per heavy atom. The van der Waals surface area contributed by atoms with Crippen molar-refractivity contribution in [3.05, 3.63) is 0 Å². The summed E-state index contributed by atoms with van der Waals surface area (Å²) in [5, 5.41) is 3.56. The summed E-state index contributed by atoms with van der Waals surface area (Å²) < 4.78 is 0. The summed E-state index contributed by atoms with van der Waals surface area (Å²) in [5.74, 6) is 0.667. The van der Waals surface area contributed by atoms with Crippen LogP contribution in [0.3, 0.4) is 0 Å². The molecular weight excluding hydrogens is 202 g/mol. The summed E-state index contributed by atoms with van der Waals surface area (Å²) in [6.45, 7) is 3.03. The lowest BCUT2D eigenvalue weighted by Crippen LogP contribution is -2.48. The van der Waals surface area contributed by atoms with Crippen molar-refractivity contribution >= 4 is 6.03 Å². The third-order valence-corrected chi connectivity index (χ3v) is 3.78. The number of carbonyl (C=O) groups excluding carboxylic acids is 1. The maximum atomic E-state index is 11.9. The lowest BCUT2D eigenvalue weighted by molar-refractivity contribution is 0.133. The highest BCUT2D eigenvalue weighted by molar-refractivity contribution is 5.73. The van der Waals surface area contributed by atoms with Gasteiger partial charge in [0.2, 0.25) is 0 Å². The fourth-order valence-electron chi connectivity index (χ4n) is 2.91. The first-order valence-electron chi connectivity index (χ1n) is 6.38. The molecule has 1 N–H and O–H groups in total. The van der Waals surface area contributed by atoms with Crippen LogP contribution in [-0.4, -0.2) is 55.6 Å². The normalized spacial score (nSPS) is 30.5. The van der Waals surface area contributed by atoms with Gasteiger partial charge in [0.15, 0.2) is 0 Å². The summed E-state index contributed by atoms with van der Waals surface area (Å²) in [5.41, 5.74) is 0. The van der Waals surface area contributed by atoms with Crippen molar-refractivity contribution in [3.8, 4) is 0 Å². The van der Waals surface area contributed by atoms with Crippen LogP contribution in [0.4, 0.5) is 4.79 Å². The van der Waals surface area contributed by atoms with E-state index >= 15 is 0 Å². The highest BCUT2D eigenvalue weighted by Crippen LogP contribution is 2.25. The monoisotopic (exact) mass is 225 g/mol. The first kappa shape index (κ1) is 11.7. The second-order valence-electron chi connectivity index (χ2n) is 5.23. The minimum absolute atomic E-state index is 0.169. The number of amides is 2. The molecule has 4 heteroatoms. The molecule has 92 valence electrons. The summed E-state index contributed by atoms with van der Waals surface area (Å²) in [4.78, 5) is 15.6. The topological polar surface area (TPSA) is 35.6 Å². The summed E-state index contributed by atoms with van der Waals surface area (Å²) in [7, 11) is 3.67. The molecule has 0 aromatic carbocycles. The summed E-state index contributed by atoms with van der Waals surface area (Å²) >= 11 is 0. The molecule has 0 aromatic heterocycles. The molecule has 0 bridgehead atoms. The van der Waals surface area contributed by atoms with Gasteiger partial charge < -0.3 is 15.1 Å². The van der Waals surface area contributed by atoms with E-state index in [0.717, 1.165) is 26.1 Å². The lowest BCUT2D eigenvalue weighted by Gasteiger charge is -2.37. The average molecular weight is 225 g/mol. The number of nitrogens with one attached hydrogen (secondary N) is 1. The highest BCUT2D eigenvalue weighted by atomic mass is 16.2. The molecule has 16 heavy (non-hydrogen) atoms. The molecule has 2 unspecified atom stereocenters. The van der Waals surface area contributed by atoms with Gasteiger partial charge in [-0.15, -0.1) is 0 Å². The smallest absolute Gasteiger partial charge is 0.319 e. The molecular formula is C12H23N3O. The predicted molar refractivity (Wildman–Crippen MR) is 64.4 cm³/mol. The molecule has 0 aliphatic carbocycles. The molecule has 2 aliphatic heterocycles. The van der Waals surface area contributed by atoms with E-state index in [0.29, 0.717) is 12.0 Å². The maximum absolute atomic E-state index is 11.9. The van der Waals surface area contributed by atoms with Crippen LogP contribution in [0, 0.1) is 5.92 Å². The van der Waals surface area contributed by atoms with Crippen LogP contribution in [0.1, 0.15) is 25.7 Å². The van der Waals surface area contributed by atoms with Crippen molar-refractivity contribution in [2.45, 2.75) is 31.7 Å². The predicted octanol–water partition coefficient (Wildman–Crippen LogP) is 1.13. The number of piperidine rings is 1. The number of urea groups is 1. The van der Waals surface area contributed by atoms with E-state index in [1.54, 1.807) is 4.90 Å². The average Bonchev–Trinajstić information content (AvgIpc) is 2.81. The SMILES string of the molecule is CN(C)C(=O)N1CCCC(C2CCCN2)C1. The Hall–Kier alpha value is -0.770. The van der Waals surface area contributed by atoms with Gasteiger partial charge in [-0.3, -0.25) is 0 Å². The molecule has 4 nitrogen and oxygen atoms in total. The molecule has 2 rings (SSSR count). The van der Waals surface area contributed by atoms with E-state index in [1.807, 2.05) is 19.0 Å². The van der Waals surface area contributed by atoms with Crippen LogP contribution < -0.4 is 5.32 Å². The van der Waals surface area contributed by atoms with Crippen molar-refractivity contribution in [2.75, 3.05) is 33.7 Å². The molecule has 2 amide bonds. The van der Waals surface area contributed by atoms with Crippen molar-refractivity contribution < 1.29 is 4.79 Å². The van der Waals surface area contributed by atoms with Gasteiger partial charge in [0.05, 0.1) is 0 Å². The van der Waals surface area contributed by atoms with Crippen molar-refractivity contribution in [3.63, 3.8) is 0 Å². The Balaban J connectivity index is 1.90. The lowest BCUT2D eigenvalue weighted by atomic mass is 9.90. The molecule has 0 saturated carbocycles. The molecule has 0 spiro atoms. The van der Waals surface area contributed by atoms with Crippen LogP contribution >= 0.6 is 0 Å². The van der Waals surface area contributed by atoms with Crippen molar-refractivity contribution in [1.29, 1.82) is 0 Å². The quantitative estimate of drug-likeness (QED) is 0.726. The first-order valence-corrected chi connectivity index (χ1v) is 6.38. The number of carbonyl (C=O) groups is 1. The Morgan fingerprint density at radius 3 is 2.75 bits per heavy atom. The van der Waals surface area contributed by atoms with E-state index in [2.05, 4.69) is 5.32 Å². The van der Waals surface area contributed by atoms with Gasteiger partial charge in [-0.05, 0) is 38.1 Å². The van der Waals surface area contributed by atoms with Gasteiger partial charge in [-0.2, -0.15) is 0 Å². The zero-order chi connectivity index (χ0) is 11.5. The Bertz CT molecular complexity index is 249. The van der Waals surface area contributed by atoms with E-state index in [4.69, 9.17) is 0 Å². The third-order valence-electron chi connectivity index (χ3n) is 3.78. The third kappa shape index (κ3) is 2.48. The first-order chi connectivity index (χ1) is 7.68. The minimum atomic E-state index is 0.169. The Kier molecular flexibility index (Phi) is 3.69. The van der Waals surface area contributed by atoms with Gasteiger partial charge in [-0.1, -0.05) is 0 Å². The highest BCUT2D eigenvalue weighted by Gasteiger charge is 2.31. The van der Waals surface area contributed by atoms with Gasteiger partial charge in [0.1, 0.15) is 0 Å². The fraction of sp³-hybridized carbons (Fsp3) is 0.917. The standard InChI is InChI=1S/C12H23N3O/c1-14(2)12(16)15-8-4-5-10(9-15)11-6-3-7-13-11/h10-11,13H,3-9H2,1-2H3.